The Bertz CT molecular complexity index is 311. The number of hydrogen-bond donors (Lipinski definition) is 1. The minimum absolute atomic E-state index is 0.0355. The second-order valence-corrected chi connectivity index (χ2v) is 6.40. The van der Waals surface area contributed by atoms with Crippen LogP contribution >= 0.6 is 0 Å². The third kappa shape index (κ3) is 7.29. The lowest BCUT2D eigenvalue weighted by Gasteiger charge is -2.35. The zero-order chi connectivity index (χ0) is 14.4. The number of rotatable bonds is 7. The van der Waals surface area contributed by atoms with Crippen LogP contribution in [0, 0.1) is 16.7 Å². The van der Waals surface area contributed by atoms with Gasteiger partial charge in [0.15, 0.2) is 0 Å². The lowest BCUT2D eigenvalue weighted by molar-refractivity contribution is -0.137. The Morgan fingerprint density at radius 2 is 1.78 bits per heavy atom. The zero-order valence-corrected chi connectivity index (χ0v) is 12.3. The minimum atomic E-state index is -0.762. The lowest BCUT2D eigenvalue weighted by atomic mass is 9.89. The first-order chi connectivity index (χ1) is 8.08. The Kier molecular flexibility index (Phi) is 6.34. The number of carbonyl (C=O) groups is 1. The molecule has 18 heavy (non-hydrogen) atoms. The highest BCUT2D eigenvalue weighted by Crippen LogP contribution is 2.22. The van der Waals surface area contributed by atoms with Crippen LogP contribution in [0.15, 0.2) is 0 Å². The van der Waals surface area contributed by atoms with Gasteiger partial charge in [-0.05, 0) is 54.0 Å². The van der Waals surface area contributed by atoms with E-state index in [-0.39, 0.29) is 17.4 Å². The van der Waals surface area contributed by atoms with Gasteiger partial charge >= 0.3 is 5.97 Å². The van der Waals surface area contributed by atoms with Gasteiger partial charge in [0.2, 0.25) is 0 Å². The summed E-state index contributed by atoms with van der Waals surface area (Å²) < 4.78 is 0. The summed E-state index contributed by atoms with van der Waals surface area (Å²) in [6.07, 6.45) is 1.92. The van der Waals surface area contributed by atoms with Crippen LogP contribution in [0.5, 0.6) is 0 Å². The summed E-state index contributed by atoms with van der Waals surface area (Å²) in [7, 11) is 0. The fourth-order valence-electron chi connectivity index (χ4n) is 1.78. The number of hydrogen-bond acceptors (Lipinski definition) is 3. The van der Waals surface area contributed by atoms with Crippen LogP contribution in [0.25, 0.3) is 0 Å². The van der Waals surface area contributed by atoms with Gasteiger partial charge in [-0.2, -0.15) is 5.26 Å². The van der Waals surface area contributed by atoms with Crippen molar-refractivity contribution < 1.29 is 9.90 Å². The number of aliphatic carboxylic acids is 1. The molecule has 0 aliphatic rings. The molecule has 0 fully saturated rings. The van der Waals surface area contributed by atoms with Crippen molar-refractivity contribution in [3.8, 4) is 6.07 Å². The molecule has 0 aromatic carbocycles. The maximum Gasteiger partial charge on any atom is 0.304 e. The molecule has 0 radical (unpaired) electrons. The predicted molar refractivity (Wildman–Crippen MR) is 72.2 cm³/mol. The van der Waals surface area contributed by atoms with Crippen molar-refractivity contribution >= 4 is 5.97 Å². The molecular formula is C14H26N2O2. The van der Waals surface area contributed by atoms with Crippen LogP contribution in [0.4, 0.5) is 0 Å². The fraction of sp³-hybridized carbons (Fsp3) is 0.857. The first kappa shape index (κ1) is 16.9. The first-order valence-corrected chi connectivity index (χ1v) is 6.46. The van der Waals surface area contributed by atoms with Crippen molar-refractivity contribution in [3.05, 3.63) is 0 Å². The highest BCUT2D eigenvalue weighted by Gasteiger charge is 2.23. The average Bonchev–Trinajstić information content (AvgIpc) is 2.20. The fourth-order valence-corrected chi connectivity index (χ4v) is 1.78. The summed E-state index contributed by atoms with van der Waals surface area (Å²) in [6.45, 7) is 11.5. The third-order valence-electron chi connectivity index (χ3n) is 3.08. The predicted octanol–water partition coefficient (Wildman–Crippen LogP) is 2.89. The quantitative estimate of drug-likeness (QED) is 0.758. The largest absolute Gasteiger partial charge is 0.481 e. The van der Waals surface area contributed by atoms with Gasteiger partial charge in [0.1, 0.15) is 0 Å². The summed E-state index contributed by atoms with van der Waals surface area (Å²) in [6, 6.07) is 2.29. The van der Waals surface area contributed by atoms with E-state index >= 15 is 0 Å². The van der Waals surface area contributed by atoms with Gasteiger partial charge in [-0.25, -0.2) is 0 Å². The van der Waals surface area contributed by atoms with Crippen LogP contribution < -0.4 is 0 Å². The highest BCUT2D eigenvalue weighted by atomic mass is 16.4. The molecule has 0 rings (SSSR count). The lowest BCUT2D eigenvalue weighted by Crippen LogP contribution is -2.43. The molecule has 104 valence electrons. The normalized spacial score (nSPS) is 12.5. The van der Waals surface area contributed by atoms with E-state index in [4.69, 9.17) is 10.4 Å². The van der Waals surface area contributed by atoms with Crippen LogP contribution in [-0.2, 0) is 4.79 Å². The minimum Gasteiger partial charge on any atom is -0.481 e. The van der Waals surface area contributed by atoms with Crippen LogP contribution in [0.3, 0.4) is 0 Å². The Balaban J connectivity index is 4.28. The van der Waals surface area contributed by atoms with E-state index in [0.29, 0.717) is 6.54 Å². The zero-order valence-electron chi connectivity index (χ0n) is 12.3. The Hall–Kier alpha value is -1.08. The molecular weight excluding hydrogens is 228 g/mol. The molecule has 0 aromatic heterocycles. The van der Waals surface area contributed by atoms with Gasteiger partial charge in [-0.15, -0.1) is 0 Å². The third-order valence-corrected chi connectivity index (χ3v) is 3.08. The van der Waals surface area contributed by atoms with Gasteiger partial charge in [0, 0.05) is 12.1 Å². The summed E-state index contributed by atoms with van der Waals surface area (Å²) in [5.41, 5.74) is -0.331. The maximum atomic E-state index is 10.6. The van der Waals surface area contributed by atoms with Crippen molar-refractivity contribution in [3.63, 3.8) is 0 Å². The summed E-state index contributed by atoms with van der Waals surface area (Å²) >= 11 is 0. The standard InChI is InChI=1S/C14H26N2O2/c1-13(2,3)16(10-7-12(17)18)9-6-8-14(4,5)11-15/h6-10H2,1-5H3,(H,17,18). The van der Waals surface area contributed by atoms with Crippen molar-refractivity contribution in [1.29, 1.82) is 5.26 Å². The van der Waals surface area contributed by atoms with Crippen molar-refractivity contribution in [2.24, 2.45) is 5.41 Å². The second kappa shape index (κ2) is 6.75. The van der Waals surface area contributed by atoms with Gasteiger partial charge in [-0.1, -0.05) is 0 Å². The van der Waals surface area contributed by atoms with E-state index in [1.807, 2.05) is 13.8 Å². The van der Waals surface area contributed by atoms with Crippen molar-refractivity contribution in [1.82, 2.24) is 4.90 Å². The van der Waals surface area contributed by atoms with E-state index in [2.05, 4.69) is 31.7 Å². The van der Waals surface area contributed by atoms with Gasteiger partial charge in [0.05, 0.1) is 17.9 Å². The number of carboxylic acid groups (broad SMARTS) is 1. The maximum absolute atomic E-state index is 10.6. The average molecular weight is 254 g/mol. The van der Waals surface area contributed by atoms with Gasteiger partial charge < -0.3 is 5.11 Å². The van der Waals surface area contributed by atoms with E-state index in [0.717, 1.165) is 19.4 Å². The highest BCUT2D eigenvalue weighted by molar-refractivity contribution is 5.66. The Labute approximate surface area is 111 Å². The van der Waals surface area contributed by atoms with E-state index < -0.39 is 5.97 Å². The number of nitrogens with zero attached hydrogens (tertiary/aromatic N) is 2. The molecule has 4 heteroatoms. The van der Waals surface area contributed by atoms with Crippen LogP contribution in [-0.4, -0.2) is 34.6 Å². The van der Waals surface area contributed by atoms with Crippen molar-refractivity contribution in [2.75, 3.05) is 13.1 Å². The molecule has 0 bridgehead atoms. The molecule has 1 N–H and O–H groups in total. The molecule has 0 aromatic rings. The van der Waals surface area contributed by atoms with Crippen LogP contribution in [0.2, 0.25) is 0 Å². The van der Waals surface area contributed by atoms with Gasteiger partial charge in [0.25, 0.3) is 0 Å². The molecule has 0 amide bonds. The second-order valence-electron chi connectivity index (χ2n) is 6.40. The Morgan fingerprint density at radius 3 is 2.17 bits per heavy atom. The summed E-state index contributed by atoms with van der Waals surface area (Å²) in [5.74, 6) is -0.762. The van der Waals surface area contributed by atoms with E-state index in [9.17, 15) is 4.79 Å². The molecule has 0 spiro atoms. The molecule has 0 atom stereocenters. The Morgan fingerprint density at radius 1 is 1.22 bits per heavy atom. The molecule has 0 aliphatic carbocycles. The molecule has 0 aliphatic heterocycles. The van der Waals surface area contributed by atoms with Crippen molar-refractivity contribution in [2.45, 2.75) is 59.4 Å². The van der Waals surface area contributed by atoms with Gasteiger partial charge in [-0.3, -0.25) is 9.69 Å². The number of nitriles is 1. The molecule has 0 saturated heterocycles. The van der Waals surface area contributed by atoms with E-state index in [1.165, 1.54) is 0 Å². The molecule has 4 nitrogen and oxygen atoms in total. The molecule has 0 unspecified atom stereocenters. The first-order valence-electron chi connectivity index (χ1n) is 6.46. The SMILES string of the molecule is CC(C)(C#N)CCCN(CCC(=O)O)C(C)(C)C. The summed E-state index contributed by atoms with van der Waals surface area (Å²) in [5, 5.41) is 17.7. The smallest absolute Gasteiger partial charge is 0.304 e. The molecule has 0 heterocycles. The van der Waals surface area contributed by atoms with Crippen LogP contribution in [0.1, 0.15) is 53.9 Å². The van der Waals surface area contributed by atoms with E-state index in [1.54, 1.807) is 0 Å². The molecule has 0 saturated carbocycles. The summed E-state index contributed by atoms with van der Waals surface area (Å²) in [4.78, 5) is 12.8. The monoisotopic (exact) mass is 254 g/mol. The topological polar surface area (TPSA) is 64.3 Å². The number of carboxylic acids is 1.